The summed E-state index contributed by atoms with van der Waals surface area (Å²) in [6.45, 7) is 3.51. The first-order valence-corrected chi connectivity index (χ1v) is 7.80. The molecule has 0 amide bonds. The number of hydrogen-bond acceptors (Lipinski definition) is 4. The van der Waals surface area contributed by atoms with E-state index >= 15 is 0 Å². The van der Waals surface area contributed by atoms with Crippen molar-refractivity contribution in [3.63, 3.8) is 0 Å². The minimum Gasteiger partial charge on any atom is -0.367 e. The van der Waals surface area contributed by atoms with Gasteiger partial charge in [-0.05, 0) is 50.1 Å². The van der Waals surface area contributed by atoms with Crippen LogP contribution in [0.5, 0.6) is 0 Å². The molecule has 1 aliphatic heterocycles. The van der Waals surface area contributed by atoms with E-state index in [0.717, 1.165) is 37.4 Å². The number of anilines is 2. The van der Waals surface area contributed by atoms with Crippen LogP contribution in [-0.4, -0.2) is 24.1 Å². The molecule has 1 aromatic carbocycles. The molecule has 1 atom stereocenters. The Morgan fingerprint density at radius 2 is 2.22 bits per heavy atom. The number of piperidine rings is 1. The Morgan fingerprint density at radius 1 is 1.35 bits per heavy atom. The van der Waals surface area contributed by atoms with Crippen molar-refractivity contribution in [3.05, 3.63) is 53.5 Å². The molecular weight excluding hydrogens is 291 g/mol. The lowest BCUT2D eigenvalue weighted by Crippen LogP contribution is -2.42. The molecule has 0 aliphatic carbocycles. The molecule has 2 aromatic rings. The zero-order valence-corrected chi connectivity index (χ0v) is 13.1. The predicted molar refractivity (Wildman–Crippen MR) is 88.9 cm³/mol. The molecule has 0 bridgehead atoms. The molecule has 3 rings (SSSR count). The van der Waals surface area contributed by atoms with Gasteiger partial charge in [0.05, 0.1) is 17.3 Å². The molecule has 0 radical (unpaired) electrons. The molecule has 1 fully saturated rings. The number of nitrogens with zero attached hydrogens (tertiary/aromatic N) is 3. The fourth-order valence-electron chi connectivity index (χ4n) is 2.98. The van der Waals surface area contributed by atoms with Gasteiger partial charge in [-0.3, -0.25) is 0 Å². The zero-order valence-electron chi connectivity index (χ0n) is 13.1. The van der Waals surface area contributed by atoms with Crippen LogP contribution < -0.4 is 10.2 Å². The van der Waals surface area contributed by atoms with Crippen LogP contribution in [0.15, 0.2) is 36.4 Å². The second-order valence-electron chi connectivity index (χ2n) is 5.87. The summed E-state index contributed by atoms with van der Waals surface area (Å²) in [6, 6.07) is 12.7. The van der Waals surface area contributed by atoms with Gasteiger partial charge in [-0.25, -0.2) is 9.37 Å². The van der Waals surface area contributed by atoms with E-state index in [1.165, 1.54) is 6.07 Å². The zero-order chi connectivity index (χ0) is 16.2. The Hall–Kier alpha value is -2.61. The molecule has 0 spiro atoms. The molecular formula is C18H19FN4. The number of pyridine rings is 1. The Labute approximate surface area is 135 Å². The topological polar surface area (TPSA) is 52.0 Å². The number of aryl methyl sites for hydroxylation is 1. The van der Waals surface area contributed by atoms with Gasteiger partial charge in [-0.15, -0.1) is 0 Å². The van der Waals surface area contributed by atoms with Crippen LogP contribution in [0, 0.1) is 24.1 Å². The standard InChI is InChI=1S/C18H19FN4/c1-13-4-2-6-18(21-13)22-15-5-3-9-23(12-15)17-8-7-14(11-20)10-16(17)19/h2,4,6-8,10,15H,3,5,9,12H2,1H3,(H,21,22). The minimum absolute atomic E-state index is 0.230. The highest BCUT2D eigenvalue weighted by Crippen LogP contribution is 2.25. The van der Waals surface area contributed by atoms with Crippen LogP contribution in [0.25, 0.3) is 0 Å². The molecule has 118 valence electrons. The smallest absolute Gasteiger partial charge is 0.147 e. The largest absolute Gasteiger partial charge is 0.367 e. The van der Waals surface area contributed by atoms with Crippen LogP contribution in [0.2, 0.25) is 0 Å². The van der Waals surface area contributed by atoms with E-state index in [1.54, 1.807) is 12.1 Å². The number of nitrogens with one attached hydrogen (secondary N) is 1. The van der Waals surface area contributed by atoms with Crippen LogP contribution in [0.4, 0.5) is 15.9 Å². The van der Waals surface area contributed by atoms with Gasteiger partial charge in [0.25, 0.3) is 0 Å². The summed E-state index contributed by atoms with van der Waals surface area (Å²) in [7, 11) is 0. The third kappa shape index (κ3) is 3.59. The minimum atomic E-state index is -0.335. The van der Waals surface area contributed by atoms with E-state index < -0.39 is 0 Å². The monoisotopic (exact) mass is 310 g/mol. The van der Waals surface area contributed by atoms with Crippen molar-refractivity contribution in [1.82, 2.24) is 4.98 Å². The van der Waals surface area contributed by atoms with Crippen LogP contribution in [-0.2, 0) is 0 Å². The normalized spacial score (nSPS) is 17.6. The summed E-state index contributed by atoms with van der Waals surface area (Å²) in [5.41, 5.74) is 1.88. The molecule has 0 saturated carbocycles. The van der Waals surface area contributed by atoms with Crippen LogP contribution >= 0.6 is 0 Å². The Kier molecular flexibility index (Phi) is 4.42. The lowest BCUT2D eigenvalue weighted by molar-refractivity contribution is 0.518. The van der Waals surface area contributed by atoms with Crippen molar-refractivity contribution in [2.45, 2.75) is 25.8 Å². The molecule has 1 aromatic heterocycles. The third-order valence-electron chi connectivity index (χ3n) is 4.08. The van der Waals surface area contributed by atoms with Gasteiger partial charge in [0.15, 0.2) is 0 Å². The summed E-state index contributed by atoms with van der Waals surface area (Å²) in [6.07, 6.45) is 2.02. The molecule has 2 heterocycles. The van der Waals surface area contributed by atoms with E-state index in [-0.39, 0.29) is 11.9 Å². The van der Waals surface area contributed by atoms with Gasteiger partial charge in [-0.1, -0.05) is 6.07 Å². The number of hydrogen-bond donors (Lipinski definition) is 1. The lowest BCUT2D eigenvalue weighted by Gasteiger charge is -2.35. The third-order valence-corrected chi connectivity index (χ3v) is 4.08. The quantitative estimate of drug-likeness (QED) is 0.943. The van der Waals surface area contributed by atoms with Gasteiger partial charge < -0.3 is 10.2 Å². The highest BCUT2D eigenvalue weighted by molar-refractivity contribution is 5.52. The second kappa shape index (κ2) is 6.66. The Morgan fingerprint density at radius 3 is 2.96 bits per heavy atom. The summed E-state index contributed by atoms with van der Waals surface area (Å²) in [5, 5.41) is 12.3. The lowest BCUT2D eigenvalue weighted by atomic mass is 10.0. The maximum atomic E-state index is 14.2. The SMILES string of the molecule is Cc1cccc(NC2CCCN(c3ccc(C#N)cc3F)C2)n1. The highest BCUT2D eigenvalue weighted by atomic mass is 19.1. The number of nitriles is 1. The molecule has 1 saturated heterocycles. The van der Waals surface area contributed by atoms with Gasteiger partial charge >= 0.3 is 0 Å². The fraction of sp³-hybridized carbons (Fsp3) is 0.333. The molecule has 1 unspecified atom stereocenters. The summed E-state index contributed by atoms with van der Waals surface area (Å²) < 4.78 is 14.2. The summed E-state index contributed by atoms with van der Waals surface area (Å²) >= 11 is 0. The second-order valence-corrected chi connectivity index (χ2v) is 5.87. The number of halogens is 1. The van der Waals surface area contributed by atoms with Crippen molar-refractivity contribution >= 4 is 11.5 Å². The first kappa shape index (κ1) is 15.3. The first-order chi connectivity index (χ1) is 11.2. The van der Waals surface area contributed by atoms with Crippen molar-refractivity contribution in [1.29, 1.82) is 5.26 Å². The number of aromatic nitrogens is 1. The van der Waals surface area contributed by atoms with E-state index in [2.05, 4.69) is 10.3 Å². The van der Waals surface area contributed by atoms with E-state index in [9.17, 15) is 4.39 Å². The maximum Gasteiger partial charge on any atom is 0.147 e. The van der Waals surface area contributed by atoms with Crippen molar-refractivity contribution in [2.24, 2.45) is 0 Å². The van der Waals surface area contributed by atoms with Crippen molar-refractivity contribution in [3.8, 4) is 6.07 Å². The van der Waals surface area contributed by atoms with Gasteiger partial charge in [0.1, 0.15) is 11.6 Å². The average Bonchev–Trinajstić information content (AvgIpc) is 2.55. The van der Waals surface area contributed by atoms with E-state index in [1.807, 2.05) is 36.1 Å². The predicted octanol–water partition coefficient (Wildman–Crippen LogP) is 3.48. The van der Waals surface area contributed by atoms with Crippen molar-refractivity contribution < 1.29 is 4.39 Å². The molecule has 5 heteroatoms. The van der Waals surface area contributed by atoms with Gasteiger partial charge in [0, 0.05) is 24.8 Å². The van der Waals surface area contributed by atoms with Crippen LogP contribution in [0.3, 0.4) is 0 Å². The number of rotatable bonds is 3. The molecule has 1 aliphatic rings. The molecule has 4 nitrogen and oxygen atoms in total. The Balaban J connectivity index is 1.72. The fourth-order valence-corrected chi connectivity index (χ4v) is 2.98. The van der Waals surface area contributed by atoms with Crippen molar-refractivity contribution in [2.75, 3.05) is 23.3 Å². The Bertz CT molecular complexity index is 738. The number of benzene rings is 1. The van der Waals surface area contributed by atoms with E-state index in [0.29, 0.717) is 11.3 Å². The van der Waals surface area contributed by atoms with Gasteiger partial charge in [0.2, 0.25) is 0 Å². The molecule has 23 heavy (non-hydrogen) atoms. The van der Waals surface area contributed by atoms with E-state index in [4.69, 9.17) is 5.26 Å². The average molecular weight is 310 g/mol. The van der Waals surface area contributed by atoms with Crippen LogP contribution in [0.1, 0.15) is 24.1 Å². The summed E-state index contributed by atoms with van der Waals surface area (Å²) in [5.74, 6) is 0.524. The highest BCUT2D eigenvalue weighted by Gasteiger charge is 2.22. The van der Waals surface area contributed by atoms with Gasteiger partial charge in [-0.2, -0.15) is 5.26 Å². The summed E-state index contributed by atoms with van der Waals surface area (Å²) in [4.78, 5) is 6.50. The first-order valence-electron chi connectivity index (χ1n) is 7.80. The molecule has 1 N–H and O–H groups in total. The maximum absolute atomic E-state index is 14.2.